The molecule has 6 heteroatoms. The van der Waals surface area contributed by atoms with Crippen LogP contribution in [0.1, 0.15) is 10.7 Å². The number of nitrogens with zero attached hydrogens (tertiary/aromatic N) is 2. The van der Waals surface area contributed by atoms with Gasteiger partial charge >= 0.3 is 0 Å². The lowest BCUT2D eigenvalue weighted by molar-refractivity contribution is 0.628. The maximum absolute atomic E-state index is 13.3. The van der Waals surface area contributed by atoms with Gasteiger partial charge in [0.25, 0.3) is 0 Å². The Morgan fingerprint density at radius 1 is 1.05 bits per heavy atom. The van der Waals surface area contributed by atoms with Crippen LogP contribution in [0.15, 0.2) is 41.8 Å². The molecule has 0 unspecified atom stereocenters. The van der Waals surface area contributed by atoms with Gasteiger partial charge in [0, 0.05) is 11.3 Å². The van der Waals surface area contributed by atoms with Gasteiger partial charge < -0.3 is 0 Å². The standard InChI is InChI=1S/C15H9Cl2FN2S/c16-14-13(9-3-1-4-10(18)7-9)15(17)20-12(19-14)8-11-5-2-6-21-11/h1-7H,8H2. The minimum Gasteiger partial charge on any atom is -0.220 e. The molecule has 0 spiro atoms. The number of rotatable bonds is 3. The van der Waals surface area contributed by atoms with E-state index in [-0.39, 0.29) is 16.1 Å². The van der Waals surface area contributed by atoms with Crippen LogP contribution in [-0.4, -0.2) is 9.97 Å². The Morgan fingerprint density at radius 2 is 1.81 bits per heavy atom. The predicted molar refractivity (Wildman–Crippen MR) is 84.6 cm³/mol. The second-order valence-corrected chi connectivity index (χ2v) is 6.11. The smallest absolute Gasteiger partial charge is 0.142 e. The van der Waals surface area contributed by atoms with Crippen LogP contribution in [0.5, 0.6) is 0 Å². The molecule has 2 heterocycles. The Bertz CT molecular complexity index is 752. The van der Waals surface area contributed by atoms with Crippen LogP contribution in [0.3, 0.4) is 0 Å². The average molecular weight is 339 g/mol. The summed E-state index contributed by atoms with van der Waals surface area (Å²) in [4.78, 5) is 9.66. The maximum atomic E-state index is 13.3. The molecule has 0 amide bonds. The second-order valence-electron chi connectivity index (χ2n) is 4.36. The number of benzene rings is 1. The van der Waals surface area contributed by atoms with Gasteiger partial charge in [0.15, 0.2) is 0 Å². The lowest BCUT2D eigenvalue weighted by Gasteiger charge is -2.08. The van der Waals surface area contributed by atoms with Gasteiger partial charge in [-0.25, -0.2) is 14.4 Å². The van der Waals surface area contributed by atoms with Crippen molar-refractivity contribution in [1.82, 2.24) is 9.97 Å². The van der Waals surface area contributed by atoms with Crippen LogP contribution < -0.4 is 0 Å². The molecule has 2 nitrogen and oxygen atoms in total. The maximum Gasteiger partial charge on any atom is 0.142 e. The molecule has 3 rings (SSSR count). The minimum atomic E-state index is -0.359. The summed E-state index contributed by atoms with van der Waals surface area (Å²) in [6, 6.07) is 9.99. The molecule has 0 bridgehead atoms. The summed E-state index contributed by atoms with van der Waals surface area (Å²) in [5.74, 6) is 0.190. The normalized spacial score (nSPS) is 10.8. The summed E-state index contributed by atoms with van der Waals surface area (Å²) in [5.41, 5.74) is 1.01. The van der Waals surface area contributed by atoms with Crippen molar-refractivity contribution in [3.8, 4) is 11.1 Å². The Morgan fingerprint density at radius 3 is 2.43 bits per heavy atom. The fourth-order valence-corrected chi connectivity index (χ4v) is 3.32. The van der Waals surface area contributed by atoms with Crippen LogP contribution in [0, 0.1) is 5.82 Å². The SMILES string of the molecule is Fc1cccc(-c2c(Cl)nc(Cc3cccs3)nc2Cl)c1. The van der Waals surface area contributed by atoms with E-state index in [1.165, 1.54) is 12.1 Å². The highest BCUT2D eigenvalue weighted by atomic mass is 35.5. The Labute approximate surface area is 135 Å². The van der Waals surface area contributed by atoms with E-state index in [0.29, 0.717) is 23.4 Å². The second kappa shape index (κ2) is 6.10. The fraction of sp³-hybridized carbons (Fsp3) is 0.0667. The van der Waals surface area contributed by atoms with Crippen molar-refractivity contribution in [2.75, 3.05) is 0 Å². The topological polar surface area (TPSA) is 25.8 Å². The molecular weight excluding hydrogens is 330 g/mol. The summed E-state index contributed by atoms with van der Waals surface area (Å²) < 4.78 is 13.3. The van der Waals surface area contributed by atoms with E-state index in [9.17, 15) is 4.39 Å². The number of hydrogen-bond donors (Lipinski definition) is 0. The first kappa shape index (κ1) is 14.4. The third-order valence-corrected chi connectivity index (χ3v) is 4.32. The van der Waals surface area contributed by atoms with Crippen molar-refractivity contribution < 1.29 is 4.39 Å². The highest BCUT2D eigenvalue weighted by molar-refractivity contribution is 7.09. The molecule has 0 saturated heterocycles. The van der Waals surface area contributed by atoms with Crippen molar-refractivity contribution in [1.29, 1.82) is 0 Å². The first-order valence-electron chi connectivity index (χ1n) is 6.14. The molecule has 3 aromatic rings. The van der Waals surface area contributed by atoms with E-state index in [0.717, 1.165) is 4.88 Å². The largest absolute Gasteiger partial charge is 0.220 e. The van der Waals surface area contributed by atoms with E-state index in [1.54, 1.807) is 23.5 Å². The average Bonchev–Trinajstić information content (AvgIpc) is 2.91. The third-order valence-electron chi connectivity index (χ3n) is 2.89. The van der Waals surface area contributed by atoms with E-state index in [2.05, 4.69) is 9.97 Å². The highest BCUT2D eigenvalue weighted by Gasteiger charge is 2.14. The summed E-state index contributed by atoms with van der Waals surface area (Å²) in [6.07, 6.45) is 0.570. The monoisotopic (exact) mass is 338 g/mol. The quantitative estimate of drug-likeness (QED) is 0.610. The van der Waals surface area contributed by atoms with Crippen molar-refractivity contribution in [2.45, 2.75) is 6.42 Å². The molecule has 2 aromatic heterocycles. The molecule has 0 atom stereocenters. The van der Waals surface area contributed by atoms with Crippen LogP contribution in [-0.2, 0) is 6.42 Å². The summed E-state index contributed by atoms with van der Waals surface area (Å²) >= 11 is 14.0. The van der Waals surface area contributed by atoms with E-state index >= 15 is 0 Å². The van der Waals surface area contributed by atoms with Gasteiger partial charge in [-0.3, -0.25) is 0 Å². The molecule has 0 aliphatic rings. The zero-order valence-electron chi connectivity index (χ0n) is 10.7. The Kier molecular flexibility index (Phi) is 4.19. The molecule has 0 N–H and O–H groups in total. The molecule has 0 saturated carbocycles. The van der Waals surface area contributed by atoms with Crippen LogP contribution >= 0.6 is 34.5 Å². The molecule has 0 aliphatic heterocycles. The Hall–Kier alpha value is -1.49. The fourth-order valence-electron chi connectivity index (χ4n) is 1.98. The van der Waals surface area contributed by atoms with Crippen LogP contribution in [0.4, 0.5) is 4.39 Å². The van der Waals surface area contributed by atoms with Crippen molar-refractivity contribution in [3.63, 3.8) is 0 Å². The predicted octanol–water partition coefficient (Wildman–Crippen LogP) is 5.24. The van der Waals surface area contributed by atoms with Crippen molar-refractivity contribution in [2.24, 2.45) is 0 Å². The molecular formula is C15H9Cl2FN2S. The molecule has 1 aromatic carbocycles. The third kappa shape index (κ3) is 3.23. The number of thiophene rings is 1. The summed E-state index contributed by atoms with van der Waals surface area (Å²) in [6.45, 7) is 0. The minimum absolute atomic E-state index is 0.229. The highest BCUT2D eigenvalue weighted by Crippen LogP contribution is 2.33. The lowest BCUT2D eigenvalue weighted by Crippen LogP contribution is -1.99. The van der Waals surface area contributed by atoms with E-state index in [4.69, 9.17) is 23.2 Å². The van der Waals surface area contributed by atoms with Crippen molar-refractivity contribution >= 4 is 34.5 Å². The first-order valence-corrected chi connectivity index (χ1v) is 7.77. The van der Waals surface area contributed by atoms with Crippen molar-refractivity contribution in [3.05, 3.63) is 68.6 Å². The summed E-state index contributed by atoms with van der Waals surface area (Å²) in [5, 5.41) is 2.44. The Balaban J connectivity index is 2.00. The van der Waals surface area contributed by atoms with Gasteiger partial charge in [0.05, 0.1) is 5.56 Å². The van der Waals surface area contributed by atoms with Gasteiger partial charge in [0.2, 0.25) is 0 Å². The van der Waals surface area contributed by atoms with Gasteiger partial charge in [-0.1, -0.05) is 41.4 Å². The van der Waals surface area contributed by atoms with Crippen LogP contribution in [0.2, 0.25) is 10.3 Å². The summed E-state index contributed by atoms with van der Waals surface area (Å²) in [7, 11) is 0. The van der Waals surface area contributed by atoms with Gasteiger partial charge in [-0.15, -0.1) is 11.3 Å². The van der Waals surface area contributed by atoms with Gasteiger partial charge in [-0.2, -0.15) is 0 Å². The van der Waals surface area contributed by atoms with E-state index < -0.39 is 0 Å². The van der Waals surface area contributed by atoms with Gasteiger partial charge in [0.1, 0.15) is 21.9 Å². The van der Waals surface area contributed by atoms with Gasteiger partial charge in [-0.05, 0) is 29.1 Å². The molecule has 0 radical (unpaired) electrons. The lowest BCUT2D eigenvalue weighted by atomic mass is 10.1. The first-order chi connectivity index (χ1) is 10.1. The molecule has 21 heavy (non-hydrogen) atoms. The molecule has 0 fully saturated rings. The number of hydrogen-bond acceptors (Lipinski definition) is 3. The molecule has 106 valence electrons. The zero-order valence-corrected chi connectivity index (χ0v) is 13.0. The van der Waals surface area contributed by atoms with Crippen LogP contribution in [0.25, 0.3) is 11.1 Å². The molecule has 0 aliphatic carbocycles. The zero-order chi connectivity index (χ0) is 14.8. The number of aromatic nitrogens is 2. The van der Waals surface area contributed by atoms with E-state index in [1.807, 2.05) is 17.5 Å². The number of halogens is 3.